The second kappa shape index (κ2) is 10.3. The summed E-state index contributed by atoms with van der Waals surface area (Å²) in [7, 11) is 0. The van der Waals surface area contributed by atoms with E-state index >= 15 is 0 Å². The van der Waals surface area contributed by atoms with Gasteiger partial charge in [0.25, 0.3) is 0 Å². The zero-order chi connectivity index (χ0) is 18.5. The van der Waals surface area contributed by atoms with Gasteiger partial charge in [-0.1, -0.05) is 49.2 Å². The monoisotopic (exact) mass is 417 g/mol. The van der Waals surface area contributed by atoms with Crippen molar-refractivity contribution in [3.8, 4) is 5.75 Å². The van der Waals surface area contributed by atoms with E-state index in [0.29, 0.717) is 25.1 Å². The number of aliphatic hydroxyl groups is 1. The molecule has 4 rings (SSSR count). The van der Waals surface area contributed by atoms with Crippen molar-refractivity contribution in [2.24, 2.45) is 5.92 Å². The van der Waals surface area contributed by atoms with Crippen LogP contribution < -0.4 is 10.1 Å². The maximum absolute atomic E-state index is 10.4. The molecule has 2 N–H and O–H groups in total. The second-order valence-electron chi connectivity index (χ2n) is 7.42. The van der Waals surface area contributed by atoms with E-state index in [2.05, 4.69) is 41.0 Å². The molecule has 0 saturated heterocycles. The van der Waals surface area contributed by atoms with Gasteiger partial charge in [-0.25, -0.2) is 0 Å². The lowest BCUT2D eigenvalue weighted by molar-refractivity contribution is 0.101. The number of rotatable bonds is 8. The van der Waals surface area contributed by atoms with Crippen LogP contribution in [0.1, 0.15) is 36.6 Å². The van der Waals surface area contributed by atoms with Gasteiger partial charge in [-0.05, 0) is 53.1 Å². The zero-order valence-electron chi connectivity index (χ0n) is 15.9. The van der Waals surface area contributed by atoms with Gasteiger partial charge in [0.2, 0.25) is 0 Å². The lowest BCUT2D eigenvalue weighted by Crippen LogP contribution is -2.36. The number of thiophene rings is 1. The molecule has 1 fully saturated rings. The van der Waals surface area contributed by atoms with Gasteiger partial charge < -0.3 is 15.2 Å². The highest BCUT2D eigenvalue weighted by Gasteiger charge is 2.27. The van der Waals surface area contributed by atoms with Crippen LogP contribution in [0.4, 0.5) is 0 Å². The molecule has 150 valence electrons. The van der Waals surface area contributed by atoms with Gasteiger partial charge >= 0.3 is 0 Å². The Morgan fingerprint density at radius 2 is 1.82 bits per heavy atom. The van der Waals surface area contributed by atoms with E-state index < -0.39 is 6.10 Å². The van der Waals surface area contributed by atoms with Crippen molar-refractivity contribution in [3.63, 3.8) is 0 Å². The topological polar surface area (TPSA) is 41.5 Å². The van der Waals surface area contributed by atoms with Crippen molar-refractivity contribution in [2.75, 3.05) is 13.2 Å². The SMILES string of the molecule is Cl.OC(CNC(c1cccs1)C1CCCC1)COc1ccc2ccccc2c1. The summed E-state index contributed by atoms with van der Waals surface area (Å²) in [5.41, 5.74) is 0. The smallest absolute Gasteiger partial charge is 0.120 e. The lowest BCUT2D eigenvalue weighted by Gasteiger charge is -2.25. The lowest BCUT2D eigenvalue weighted by atomic mass is 9.96. The minimum Gasteiger partial charge on any atom is -0.491 e. The van der Waals surface area contributed by atoms with Crippen molar-refractivity contribution in [2.45, 2.75) is 37.8 Å². The van der Waals surface area contributed by atoms with Crippen molar-refractivity contribution in [3.05, 3.63) is 64.9 Å². The first-order valence-electron chi connectivity index (χ1n) is 9.86. The minimum atomic E-state index is -0.527. The van der Waals surface area contributed by atoms with Gasteiger partial charge in [0.1, 0.15) is 18.5 Å². The molecule has 1 saturated carbocycles. The molecular formula is C23H28ClNO2S. The van der Waals surface area contributed by atoms with Gasteiger partial charge in [0.05, 0.1) is 0 Å². The third-order valence-electron chi connectivity index (χ3n) is 5.46. The summed E-state index contributed by atoms with van der Waals surface area (Å²) in [6, 6.07) is 19.0. The van der Waals surface area contributed by atoms with Crippen LogP contribution in [0.3, 0.4) is 0 Å². The molecule has 28 heavy (non-hydrogen) atoms. The first kappa shape index (κ1) is 21.1. The van der Waals surface area contributed by atoms with Crippen LogP contribution in [0.25, 0.3) is 10.8 Å². The van der Waals surface area contributed by atoms with E-state index in [1.165, 1.54) is 35.9 Å². The quantitative estimate of drug-likeness (QED) is 0.502. The normalized spacial score (nSPS) is 16.6. The fourth-order valence-corrected chi connectivity index (χ4v) is 4.92. The highest BCUT2D eigenvalue weighted by molar-refractivity contribution is 7.10. The third kappa shape index (κ3) is 5.26. The van der Waals surface area contributed by atoms with Gasteiger partial charge in [-0.15, -0.1) is 23.7 Å². The van der Waals surface area contributed by atoms with E-state index in [1.807, 2.05) is 24.3 Å². The number of hydrogen-bond donors (Lipinski definition) is 2. The van der Waals surface area contributed by atoms with Gasteiger partial charge in [-0.2, -0.15) is 0 Å². The minimum absolute atomic E-state index is 0. The number of aliphatic hydroxyl groups excluding tert-OH is 1. The van der Waals surface area contributed by atoms with Gasteiger partial charge in [0, 0.05) is 17.5 Å². The van der Waals surface area contributed by atoms with E-state index in [0.717, 1.165) is 11.1 Å². The number of halogens is 1. The molecule has 1 aromatic heterocycles. The summed E-state index contributed by atoms with van der Waals surface area (Å²) in [5, 5.41) is 18.5. The molecule has 2 atom stereocenters. The molecule has 3 aromatic rings. The second-order valence-corrected chi connectivity index (χ2v) is 8.40. The van der Waals surface area contributed by atoms with Crippen LogP contribution in [0.5, 0.6) is 5.75 Å². The Hall–Kier alpha value is -1.59. The summed E-state index contributed by atoms with van der Waals surface area (Å²) in [6.45, 7) is 0.847. The fourth-order valence-electron chi connectivity index (χ4n) is 4.03. The highest BCUT2D eigenvalue weighted by Crippen LogP contribution is 2.37. The van der Waals surface area contributed by atoms with Crippen LogP contribution in [-0.4, -0.2) is 24.4 Å². The molecule has 0 bridgehead atoms. The predicted octanol–water partition coefficient (Wildman–Crippen LogP) is 5.58. The summed E-state index contributed by atoms with van der Waals surface area (Å²) >= 11 is 1.81. The van der Waals surface area contributed by atoms with Crippen molar-refractivity contribution < 1.29 is 9.84 Å². The van der Waals surface area contributed by atoms with Crippen molar-refractivity contribution >= 4 is 34.5 Å². The predicted molar refractivity (Wildman–Crippen MR) is 120 cm³/mol. The maximum Gasteiger partial charge on any atom is 0.120 e. The van der Waals surface area contributed by atoms with E-state index in [9.17, 15) is 5.11 Å². The van der Waals surface area contributed by atoms with E-state index in [-0.39, 0.29) is 12.4 Å². The molecule has 1 aliphatic rings. The van der Waals surface area contributed by atoms with Gasteiger partial charge in [0.15, 0.2) is 0 Å². The van der Waals surface area contributed by atoms with E-state index in [4.69, 9.17) is 4.74 Å². The Bertz CT molecular complexity index is 849. The standard InChI is InChI=1S/C23H27NO2S.ClH/c25-20(16-26-21-12-11-17-6-1-4-9-19(17)14-21)15-24-23(18-7-2-3-8-18)22-10-5-13-27-22;/h1,4-6,9-14,18,20,23-25H,2-3,7-8,15-16H2;1H. The Morgan fingerprint density at radius 1 is 1.04 bits per heavy atom. The number of fused-ring (bicyclic) bond motifs is 1. The summed E-state index contributed by atoms with van der Waals surface area (Å²) in [5.74, 6) is 1.48. The van der Waals surface area contributed by atoms with Crippen LogP contribution in [0.2, 0.25) is 0 Å². The molecule has 0 aliphatic heterocycles. The molecule has 3 nitrogen and oxygen atoms in total. The number of benzene rings is 2. The molecule has 0 spiro atoms. The number of ether oxygens (including phenoxy) is 1. The third-order valence-corrected chi connectivity index (χ3v) is 6.41. The summed E-state index contributed by atoms with van der Waals surface area (Å²) < 4.78 is 5.84. The Balaban J connectivity index is 0.00000225. The summed E-state index contributed by atoms with van der Waals surface area (Å²) in [4.78, 5) is 1.38. The summed E-state index contributed by atoms with van der Waals surface area (Å²) in [6.07, 6.45) is 4.67. The number of nitrogens with one attached hydrogen (secondary N) is 1. The number of hydrogen-bond acceptors (Lipinski definition) is 4. The van der Waals surface area contributed by atoms with Crippen LogP contribution in [0, 0.1) is 5.92 Å². The Morgan fingerprint density at radius 3 is 2.57 bits per heavy atom. The first-order chi connectivity index (χ1) is 13.3. The molecule has 2 aromatic carbocycles. The molecule has 1 heterocycles. The molecule has 5 heteroatoms. The Labute approximate surface area is 177 Å². The largest absolute Gasteiger partial charge is 0.491 e. The zero-order valence-corrected chi connectivity index (χ0v) is 17.6. The molecule has 0 radical (unpaired) electrons. The van der Waals surface area contributed by atoms with Gasteiger partial charge in [-0.3, -0.25) is 0 Å². The molecular weight excluding hydrogens is 390 g/mol. The van der Waals surface area contributed by atoms with Crippen LogP contribution >= 0.6 is 23.7 Å². The van der Waals surface area contributed by atoms with Crippen LogP contribution in [-0.2, 0) is 0 Å². The van der Waals surface area contributed by atoms with Crippen LogP contribution in [0.15, 0.2) is 60.0 Å². The Kier molecular flexibility index (Phi) is 7.74. The highest BCUT2D eigenvalue weighted by atomic mass is 35.5. The molecule has 0 amide bonds. The fraction of sp³-hybridized carbons (Fsp3) is 0.391. The first-order valence-corrected chi connectivity index (χ1v) is 10.7. The maximum atomic E-state index is 10.4. The molecule has 1 aliphatic carbocycles. The van der Waals surface area contributed by atoms with Crippen molar-refractivity contribution in [1.29, 1.82) is 0 Å². The molecule has 2 unspecified atom stereocenters. The average Bonchev–Trinajstić information content (AvgIpc) is 3.41. The van der Waals surface area contributed by atoms with Crippen molar-refractivity contribution in [1.82, 2.24) is 5.32 Å². The van der Waals surface area contributed by atoms with E-state index in [1.54, 1.807) is 11.3 Å². The average molecular weight is 418 g/mol.